The number of aromatic nitrogens is 1. The Kier molecular flexibility index (Phi) is 7.71. The quantitative estimate of drug-likeness (QED) is 0.623. The molecule has 0 unspecified atom stereocenters. The summed E-state index contributed by atoms with van der Waals surface area (Å²) in [5.74, 6) is -1.12. The van der Waals surface area contributed by atoms with E-state index in [0.29, 0.717) is 29.4 Å². The number of carbonyl (C=O) groups excluding carboxylic acids is 2. The van der Waals surface area contributed by atoms with E-state index in [9.17, 15) is 14.4 Å². The summed E-state index contributed by atoms with van der Waals surface area (Å²) in [7, 11) is 0. The molecule has 1 amide bonds. The molecular formula is C19H24N2O5. The van der Waals surface area contributed by atoms with Crippen molar-refractivity contribution < 1.29 is 24.2 Å². The molecule has 0 saturated heterocycles. The molecule has 2 aromatic rings. The number of carboxylic acids is 1. The van der Waals surface area contributed by atoms with Gasteiger partial charge in [0, 0.05) is 18.0 Å². The summed E-state index contributed by atoms with van der Waals surface area (Å²) < 4.78 is 5.04. The van der Waals surface area contributed by atoms with Crippen molar-refractivity contribution in [2.75, 3.05) is 5.32 Å². The van der Waals surface area contributed by atoms with E-state index in [1.54, 1.807) is 18.2 Å². The normalized spacial score (nSPS) is 10.5. The summed E-state index contributed by atoms with van der Waals surface area (Å²) in [4.78, 5) is 36.2. The van der Waals surface area contributed by atoms with Crippen LogP contribution in [0.4, 0.5) is 5.69 Å². The van der Waals surface area contributed by atoms with E-state index in [4.69, 9.17) is 9.84 Å². The third-order valence-corrected chi connectivity index (χ3v) is 3.09. The molecule has 26 heavy (non-hydrogen) atoms. The van der Waals surface area contributed by atoms with Gasteiger partial charge >= 0.3 is 11.9 Å². The van der Waals surface area contributed by atoms with Gasteiger partial charge in [-0.15, -0.1) is 0 Å². The van der Waals surface area contributed by atoms with Crippen molar-refractivity contribution in [1.82, 2.24) is 4.98 Å². The predicted molar refractivity (Wildman–Crippen MR) is 99.1 cm³/mol. The number of ether oxygens (including phenoxy) is 1. The number of amides is 1. The van der Waals surface area contributed by atoms with Crippen LogP contribution in [-0.2, 0) is 14.3 Å². The summed E-state index contributed by atoms with van der Waals surface area (Å²) in [5.41, 5.74) is 0.802. The van der Waals surface area contributed by atoms with E-state index in [1.165, 1.54) is 12.3 Å². The Morgan fingerprint density at radius 1 is 1.27 bits per heavy atom. The number of para-hydroxylation sites is 1. The second-order valence-corrected chi connectivity index (χ2v) is 6.46. The van der Waals surface area contributed by atoms with E-state index in [0.717, 1.165) is 6.42 Å². The number of carbonyl (C=O) groups is 3. The maximum atomic E-state index is 11.0. The molecule has 2 N–H and O–H groups in total. The fourth-order valence-electron chi connectivity index (χ4n) is 2.14. The molecular weight excluding hydrogens is 336 g/mol. The lowest BCUT2D eigenvalue weighted by Crippen LogP contribution is -2.23. The topological polar surface area (TPSA) is 106 Å². The van der Waals surface area contributed by atoms with Crippen LogP contribution in [-0.4, -0.2) is 34.0 Å². The third-order valence-electron chi connectivity index (χ3n) is 3.09. The van der Waals surface area contributed by atoms with Crippen LogP contribution >= 0.6 is 0 Å². The Bertz CT molecular complexity index is 781. The number of benzene rings is 1. The molecule has 0 aliphatic heterocycles. The second-order valence-electron chi connectivity index (χ2n) is 6.46. The zero-order valence-electron chi connectivity index (χ0n) is 15.4. The zero-order valence-corrected chi connectivity index (χ0v) is 15.4. The number of rotatable bonds is 5. The summed E-state index contributed by atoms with van der Waals surface area (Å²) >= 11 is 0. The van der Waals surface area contributed by atoms with Gasteiger partial charge in [0.1, 0.15) is 5.60 Å². The smallest absolute Gasteiger partial charge is 0.336 e. The minimum absolute atomic E-state index is 0.102. The number of carboxylic acid groups (broad SMARTS) is 1. The first kappa shape index (κ1) is 21.1. The van der Waals surface area contributed by atoms with Crippen molar-refractivity contribution in [3.63, 3.8) is 0 Å². The van der Waals surface area contributed by atoms with E-state index in [2.05, 4.69) is 10.3 Å². The van der Waals surface area contributed by atoms with Crippen LogP contribution in [0, 0.1) is 0 Å². The molecule has 0 atom stereocenters. The number of esters is 1. The predicted octanol–water partition coefficient (Wildman–Crippen LogP) is 3.63. The number of nitrogens with one attached hydrogen (secondary N) is 1. The van der Waals surface area contributed by atoms with Gasteiger partial charge in [-0.25, -0.2) is 4.79 Å². The zero-order chi connectivity index (χ0) is 19.7. The number of hydrogen-bond acceptors (Lipinski definition) is 5. The van der Waals surface area contributed by atoms with Gasteiger partial charge in [0.2, 0.25) is 6.41 Å². The maximum absolute atomic E-state index is 11.0. The first-order valence-electron chi connectivity index (χ1n) is 8.22. The summed E-state index contributed by atoms with van der Waals surface area (Å²) in [6, 6.07) is 6.41. The standard InChI is InChI=1S/C11H8N2O3.C8H16O2/c14-6-13-9-3-1-2-7-8(11(15)16)4-5-12-10(7)9;1-5-6-7(9)10-8(2,3)4/h1-6H,(H,13,14)(H,15,16);5-6H2,1-4H3. The first-order chi connectivity index (χ1) is 12.2. The van der Waals surface area contributed by atoms with E-state index in [-0.39, 0.29) is 17.1 Å². The third kappa shape index (κ3) is 6.51. The molecule has 0 aliphatic rings. The van der Waals surface area contributed by atoms with Crippen LogP contribution in [0.1, 0.15) is 50.9 Å². The number of pyridine rings is 1. The summed E-state index contributed by atoms with van der Waals surface area (Å²) in [6.45, 7) is 7.59. The molecule has 7 nitrogen and oxygen atoms in total. The van der Waals surface area contributed by atoms with Crippen molar-refractivity contribution in [3.05, 3.63) is 36.0 Å². The SMILES string of the molecule is CCCC(=O)OC(C)(C)C.O=CNc1cccc2c(C(=O)O)ccnc12. The van der Waals surface area contributed by atoms with Crippen LogP contribution in [0.15, 0.2) is 30.5 Å². The maximum Gasteiger partial charge on any atom is 0.336 e. The average molecular weight is 360 g/mol. The first-order valence-corrected chi connectivity index (χ1v) is 8.22. The van der Waals surface area contributed by atoms with Crippen molar-refractivity contribution in [2.24, 2.45) is 0 Å². The molecule has 1 aromatic carbocycles. The molecule has 140 valence electrons. The van der Waals surface area contributed by atoms with Crippen LogP contribution < -0.4 is 5.32 Å². The van der Waals surface area contributed by atoms with Gasteiger partial charge in [-0.1, -0.05) is 19.1 Å². The number of nitrogens with zero attached hydrogens (tertiary/aromatic N) is 1. The molecule has 0 radical (unpaired) electrons. The number of fused-ring (bicyclic) bond motifs is 1. The molecule has 0 spiro atoms. The van der Waals surface area contributed by atoms with Crippen LogP contribution in [0.5, 0.6) is 0 Å². The van der Waals surface area contributed by atoms with Gasteiger partial charge in [0.25, 0.3) is 0 Å². The van der Waals surface area contributed by atoms with E-state index in [1.807, 2.05) is 27.7 Å². The molecule has 0 saturated carbocycles. The highest BCUT2D eigenvalue weighted by molar-refractivity contribution is 6.06. The van der Waals surface area contributed by atoms with E-state index < -0.39 is 5.97 Å². The number of aromatic carboxylic acids is 1. The van der Waals surface area contributed by atoms with Crippen molar-refractivity contribution in [2.45, 2.75) is 46.1 Å². The molecule has 0 aliphatic carbocycles. The van der Waals surface area contributed by atoms with Gasteiger partial charge in [0.05, 0.1) is 16.8 Å². The molecule has 1 aromatic heterocycles. The Morgan fingerprint density at radius 2 is 1.96 bits per heavy atom. The minimum Gasteiger partial charge on any atom is -0.478 e. The van der Waals surface area contributed by atoms with Crippen LogP contribution in [0.3, 0.4) is 0 Å². The monoisotopic (exact) mass is 360 g/mol. The lowest BCUT2D eigenvalue weighted by molar-refractivity contribution is -0.154. The second kappa shape index (κ2) is 9.50. The van der Waals surface area contributed by atoms with Gasteiger partial charge in [0.15, 0.2) is 0 Å². The van der Waals surface area contributed by atoms with Crippen LogP contribution in [0.2, 0.25) is 0 Å². The van der Waals surface area contributed by atoms with E-state index >= 15 is 0 Å². The Labute approximate surface area is 152 Å². The molecule has 0 bridgehead atoms. The Hall–Kier alpha value is -2.96. The van der Waals surface area contributed by atoms with Gasteiger partial charge in [-0.05, 0) is 39.3 Å². The molecule has 0 fully saturated rings. The van der Waals surface area contributed by atoms with Gasteiger partial charge in [-0.2, -0.15) is 0 Å². The summed E-state index contributed by atoms with van der Waals surface area (Å²) in [6.07, 6.45) is 3.32. The fraction of sp³-hybridized carbons (Fsp3) is 0.368. The Morgan fingerprint density at radius 3 is 2.50 bits per heavy atom. The number of anilines is 1. The Balaban J connectivity index is 0.000000294. The fourth-order valence-corrected chi connectivity index (χ4v) is 2.14. The lowest BCUT2D eigenvalue weighted by atomic mass is 10.1. The van der Waals surface area contributed by atoms with Crippen molar-refractivity contribution >= 4 is 34.9 Å². The number of hydrogen-bond donors (Lipinski definition) is 2. The highest BCUT2D eigenvalue weighted by Crippen LogP contribution is 2.23. The summed E-state index contributed by atoms with van der Waals surface area (Å²) in [5, 5.41) is 12.0. The average Bonchev–Trinajstić information content (AvgIpc) is 2.54. The van der Waals surface area contributed by atoms with Gasteiger partial charge in [-0.3, -0.25) is 14.6 Å². The minimum atomic E-state index is -1.02. The van der Waals surface area contributed by atoms with Crippen LogP contribution in [0.25, 0.3) is 10.9 Å². The van der Waals surface area contributed by atoms with Crippen molar-refractivity contribution in [1.29, 1.82) is 0 Å². The molecule has 7 heteroatoms. The largest absolute Gasteiger partial charge is 0.478 e. The van der Waals surface area contributed by atoms with Gasteiger partial charge < -0.3 is 15.2 Å². The highest BCUT2D eigenvalue weighted by Gasteiger charge is 2.14. The molecule has 1 heterocycles. The lowest BCUT2D eigenvalue weighted by Gasteiger charge is -2.18. The highest BCUT2D eigenvalue weighted by atomic mass is 16.6. The molecule has 2 rings (SSSR count). The van der Waals surface area contributed by atoms with Crippen molar-refractivity contribution in [3.8, 4) is 0 Å².